The largest absolute Gasteiger partial charge is 0.506 e. The summed E-state index contributed by atoms with van der Waals surface area (Å²) in [6.07, 6.45) is 1.45. The number of ether oxygens (including phenoxy) is 2. The summed E-state index contributed by atoms with van der Waals surface area (Å²) in [7, 11) is 2.93. The number of hydrogen-bond acceptors (Lipinski definition) is 6. The zero-order valence-electron chi connectivity index (χ0n) is 17.1. The maximum atomic E-state index is 13.4. The number of pyridine rings is 2. The summed E-state index contributed by atoms with van der Waals surface area (Å²) in [6, 6.07) is 12.9. The van der Waals surface area contributed by atoms with E-state index < -0.39 is 28.6 Å². The summed E-state index contributed by atoms with van der Waals surface area (Å²) in [5, 5.41) is 13.5. The van der Waals surface area contributed by atoms with Gasteiger partial charge in [-0.1, -0.05) is 0 Å². The zero-order chi connectivity index (χ0) is 22.8. The number of nitrogens with one attached hydrogen (secondary N) is 1. The summed E-state index contributed by atoms with van der Waals surface area (Å²) in [5.41, 5.74) is -0.543. The molecular formula is C23H18FN3O5. The zero-order valence-corrected chi connectivity index (χ0v) is 17.1. The topological polar surface area (TPSA) is 103 Å². The first-order chi connectivity index (χ1) is 15.4. The van der Waals surface area contributed by atoms with Crippen LogP contribution >= 0.6 is 0 Å². The van der Waals surface area contributed by atoms with E-state index in [2.05, 4.69) is 10.3 Å². The molecule has 0 saturated heterocycles. The van der Waals surface area contributed by atoms with Gasteiger partial charge in [0.05, 0.1) is 25.3 Å². The van der Waals surface area contributed by atoms with Gasteiger partial charge in [-0.25, -0.2) is 9.37 Å². The second kappa shape index (κ2) is 8.38. The summed E-state index contributed by atoms with van der Waals surface area (Å²) >= 11 is 0. The molecule has 0 aliphatic rings. The van der Waals surface area contributed by atoms with Crippen molar-refractivity contribution >= 4 is 22.6 Å². The minimum Gasteiger partial charge on any atom is -0.506 e. The van der Waals surface area contributed by atoms with E-state index in [9.17, 15) is 19.1 Å². The van der Waals surface area contributed by atoms with E-state index in [4.69, 9.17) is 9.47 Å². The number of fused-ring (bicyclic) bond motifs is 1. The van der Waals surface area contributed by atoms with E-state index in [1.807, 2.05) is 0 Å². The maximum absolute atomic E-state index is 13.4. The molecule has 0 saturated carbocycles. The number of carbonyl (C=O) groups excluding carboxylic acids is 1. The van der Waals surface area contributed by atoms with Crippen LogP contribution in [-0.2, 0) is 0 Å². The molecule has 8 nitrogen and oxygen atoms in total. The quantitative estimate of drug-likeness (QED) is 0.498. The van der Waals surface area contributed by atoms with Crippen LogP contribution in [0.25, 0.3) is 16.7 Å². The number of aromatic hydroxyl groups is 1. The number of nitrogens with zero attached hydrogens (tertiary/aromatic N) is 2. The maximum Gasteiger partial charge on any atom is 0.273 e. The highest BCUT2D eigenvalue weighted by Crippen LogP contribution is 2.31. The molecule has 0 aliphatic heterocycles. The standard InChI is InChI=1S/C23H18FN3O5/c1-31-17-10-7-14(12-18(17)32-2)26-22(29)19-20(28)16-4-3-11-25-21(16)27(23(19)30)15-8-5-13(24)6-9-15/h3-12,28H,1-2H3,(H,26,29). The minimum atomic E-state index is -0.832. The van der Waals surface area contributed by atoms with Gasteiger partial charge in [0, 0.05) is 18.0 Å². The van der Waals surface area contributed by atoms with Crippen molar-refractivity contribution in [2.75, 3.05) is 19.5 Å². The van der Waals surface area contributed by atoms with E-state index >= 15 is 0 Å². The summed E-state index contributed by atoms with van der Waals surface area (Å²) in [6.45, 7) is 0. The Kier molecular flexibility index (Phi) is 5.46. The fourth-order valence-corrected chi connectivity index (χ4v) is 3.35. The van der Waals surface area contributed by atoms with Gasteiger partial charge in [0.2, 0.25) is 0 Å². The second-order valence-electron chi connectivity index (χ2n) is 6.74. The van der Waals surface area contributed by atoms with Crippen LogP contribution in [0.5, 0.6) is 17.2 Å². The minimum absolute atomic E-state index is 0.129. The first kappa shape index (κ1) is 20.9. The Morgan fingerprint density at radius 3 is 2.47 bits per heavy atom. The smallest absolute Gasteiger partial charge is 0.273 e. The van der Waals surface area contributed by atoms with Gasteiger partial charge < -0.3 is 19.9 Å². The fraction of sp³-hybridized carbons (Fsp3) is 0.0870. The Bertz CT molecular complexity index is 1380. The number of benzene rings is 2. The third-order valence-corrected chi connectivity index (χ3v) is 4.86. The molecule has 2 N–H and O–H groups in total. The monoisotopic (exact) mass is 435 g/mol. The third kappa shape index (κ3) is 3.60. The van der Waals surface area contributed by atoms with Crippen molar-refractivity contribution in [2.24, 2.45) is 0 Å². The Morgan fingerprint density at radius 2 is 1.78 bits per heavy atom. The van der Waals surface area contributed by atoms with Gasteiger partial charge >= 0.3 is 0 Å². The average molecular weight is 435 g/mol. The first-order valence-corrected chi connectivity index (χ1v) is 9.46. The van der Waals surface area contributed by atoms with E-state index in [0.29, 0.717) is 22.9 Å². The van der Waals surface area contributed by atoms with Crippen molar-refractivity contribution in [3.05, 3.63) is 82.5 Å². The van der Waals surface area contributed by atoms with E-state index in [-0.39, 0.29) is 11.0 Å². The SMILES string of the molecule is COc1ccc(NC(=O)c2c(O)c3cccnc3n(-c3ccc(F)cc3)c2=O)cc1OC. The lowest BCUT2D eigenvalue weighted by atomic mass is 10.1. The number of aromatic nitrogens is 2. The Labute approximate surface area is 181 Å². The van der Waals surface area contributed by atoms with Crippen molar-refractivity contribution in [1.29, 1.82) is 0 Å². The molecule has 2 aromatic heterocycles. The molecule has 2 heterocycles. The molecule has 0 atom stereocenters. The number of carbonyl (C=O) groups is 1. The molecule has 0 radical (unpaired) electrons. The van der Waals surface area contributed by atoms with Crippen LogP contribution in [0.15, 0.2) is 65.6 Å². The van der Waals surface area contributed by atoms with Crippen LogP contribution < -0.4 is 20.3 Å². The van der Waals surface area contributed by atoms with Crippen LogP contribution in [0.4, 0.5) is 10.1 Å². The first-order valence-electron chi connectivity index (χ1n) is 9.46. The lowest BCUT2D eigenvalue weighted by molar-refractivity contribution is 0.102. The van der Waals surface area contributed by atoms with Gasteiger partial charge in [0.15, 0.2) is 17.1 Å². The van der Waals surface area contributed by atoms with Crippen molar-refractivity contribution in [2.45, 2.75) is 0 Å². The predicted octanol–water partition coefficient (Wildman–Crippen LogP) is 3.50. The molecule has 0 fully saturated rings. The normalized spacial score (nSPS) is 10.7. The number of amides is 1. The molecule has 162 valence electrons. The number of methoxy groups -OCH3 is 2. The fourth-order valence-electron chi connectivity index (χ4n) is 3.35. The molecule has 0 bridgehead atoms. The molecule has 4 aromatic rings. The van der Waals surface area contributed by atoms with E-state index in [1.54, 1.807) is 18.2 Å². The number of anilines is 1. The van der Waals surface area contributed by atoms with Gasteiger partial charge in [-0.3, -0.25) is 14.2 Å². The van der Waals surface area contributed by atoms with Crippen molar-refractivity contribution in [3.63, 3.8) is 0 Å². The Hall–Kier alpha value is -4.40. The molecule has 0 aliphatic carbocycles. The molecule has 0 unspecified atom stereocenters. The number of rotatable bonds is 5. The van der Waals surface area contributed by atoms with Crippen molar-refractivity contribution in [1.82, 2.24) is 9.55 Å². The average Bonchev–Trinajstić information content (AvgIpc) is 2.80. The van der Waals surface area contributed by atoms with Gasteiger partial charge in [-0.2, -0.15) is 0 Å². The van der Waals surface area contributed by atoms with Gasteiger partial charge in [0.1, 0.15) is 17.1 Å². The lowest BCUT2D eigenvalue weighted by Gasteiger charge is -2.15. The Morgan fingerprint density at radius 1 is 1.06 bits per heavy atom. The highest BCUT2D eigenvalue weighted by Gasteiger charge is 2.24. The highest BCUT2D eigenvalue weighted by molar-refractivity contribution is 6.09. The van der Waals surface area contributed by atoms with Crippen molar-refractivity contribution < 1.29 is 23.8 Å². The van der Waals surface area contributed by atoms with Crippen LogP contribution in [0.2, 0.25) is 0 Å². The number of halogens is 1. The summed E-state index contributed by atoms with van der Waals surface area (Å²) in [4.78, 5) is 30.5. The van der Waals surface area contributed by atoms with E-state index in [1.165, 1.54) is 56.8 Å². The van der Waals surface area contributed by atoms with Crippen LogP contribution in [0.1, 0.15) is 10.4 Å². The van der Waals surface area contributed by atoms with Gasteiger partial charge in [-0.05, 0) is 48.5 Å². The van der Waals surface area contributed by atoms with E-state index in [0.717, 1.165) is 4.57 Å². The van der Waals surface area contributed by atoms with Crippen LogP contribution in [-0.4, -0.2) is 34.8 Å². The molecule has 0 spiro atoms. The number of hydrogen-bond donors (Lipinski definition) is 2. The molecule has 2 aromatic carbocycles. The van der Waals surface area contributed by atoms with Crippen molar-refractivity contribution in [3.8, 4) is 22.9 Å². The second-order valence-corrected chi connectivity index (χ2v) is 6.74. The predicted molar refractivity (Wildman–Crippen MR) is 116 cm³/mol. The molecular weight excluding hydrogens is 417 g/mol. The van der Waals surface area contributed by atoms with Crippen LogP contribution in [0, 0.1) is 5.82 Å². The molecule has 9 heteroatoms. The Balaban J connectivity index is 1.87. The third-order valence-electron chi connectivity index (χ3n) is 4.86. The molecule has 1 amide bonds. The lowest BCUT2D eigenvalue weighted by Crippen LogP contribution is -2.29. The molecule has 4 rings (SSSR count). The van der Waals surface area contributed by atoms with Gasteiger partial charge in [-0.15, -0.1) is 0 Å². The van der Waals surface area contributed by atoms with Gasteiger partial charge in [0.25, 0.3) is 11.5 Å². The molecule has 32 heavy (non-hydrogen) atoms. The summed E-state index contributed by atoms with van der Waals surface area (Å²) in [5.74, 6) is -0.982. The highest BCUT2D eigenvalue weighted by atomic mass is 19.1. The van der Waals surface area contributed by atoms with Crippen LogP contribution in [0.3, 0.4) is 0 Å². The summed E-state index contributed by atoms with van der Waals surface area (Å²) < 4.78 is 25.0.